The molecule has 0 fully saturated rings. The average Bonchev–Trinajstić information content (AvgIpc) is 3.96. The maximum absolute atomic E-state index is 14.4. The van der Waals surface area contributed by atoms with E-state index in [1.54, 1.807) is 6.92 Å². The van der Waals surface area contributed by atoms with Crippen LogP contribution in [0, 0.1) is 37.5 Å². The van der Waals surface area contributed by atoms with Crippen molar-refractivity contribution in [3.8, 4) is 0 Å². The molecule has 338 valence electrons. The molecule has 62 heavy (non-hydrogen) atoms. The molecule has 3 aromatic heterocycles. The van der Waals surface area contributed by atoms with Crippen LogP contribution in [0.5, 0.6) is 0 Å². The first-order valence-corrected chi connectivity index (χ1v) is 24.5. The molecule has 2 aliphatic heterocycles. The number of methoxy groups -OCH3 is 1. The largest absolute Gasteiger partial charge is 0.468 e. The van der Waals surface area contributed by atoms with Crippen LogP contribution >= 0.6 is 0 Å². The van der Waals surface area contributed by atoms with E-state index in [4.69, 9.17) is 14.7 Å². The monoisotopic (exact) mass is 847 g/mol. The summed E-state index contributed by atoms with van der Waals surface area (Å²) < 4.78 is 5.34. The van der Waals surface area contributed by atoms with Gasteiger partial charge in [0.2, 0.25) is 0 Å². The van der Waals surface area contributed by atoms with Crippen molar-refractivity contribution in [1.82, 2.24) is 19.9 Å². The fourth-order valence-electron chi connectivity index (χ4n) is 11.1. The topological polar surface area (TPSA) is 118 Å². The number of ketones is 2. The summed E-state index contributed by atoms with van der Waals surface area (Å²) in [6, 6.07) is 6.23. The molecule has 0 radical (unpaired) electrons. The Morgan fingerprint density at radius 1 is 0.694 bits per heavy atom. The van der Waals surface area contributed by atoms with Crippen LogP contribution in [0.3, 0.4) is 0 Å². The molecule has 5 heterocycles. The number of aryl methyl sites for hydroxylation is 2. The third-order valence-corrected chi connectivity index (χ3v) is 15.2. The number of carbonyl (C=O) groups is 3. The SMILES string of the molecule is CCC1c2cc3[nH]c4c(c3C)C(=O)C(C(=O)OC)c4c3nc(cc4[nH]c(cc(n2)[C@@H]1C)c(C(C)=O)c4C)C(C)C3CCCCC(C)CCCC(C)CCCC(C)CCCC(C)C. The molecule has 1 aliphatic carbocycles. The van der Waals surface area contributed by atoms with Gasteiger partial charge < -0.3 is 14.7 Å². The number of Topliss-reactive ketones (excluding diaryl/α,β-unsaturated/α-hetero) is 2. The fraction of sp³-hybridized carbons (Fsp3) is 0.648. The van der Waals surface area contributed by atoms with Crippen molar-refractivity contribution in [2.75, 3.05) is 7.11 Å². The van der Waals surface area contributed by atoms with Gasteiger partial charge in [0.25, 0.3) is 0 Å². The summed E-state index contributed by atoms with van der Waals surface area (Å²) in [6.45, 7) is 24.1. The quantitative estimate of drug-likeness (QED) is 0.0506. The predicted octanol–water partition coefficient (Wildman–Crippen LogP) is 14.4. The maximum atomic E-state index is 14.4. The van der Waals surface area contributed by atoms with Gasteiger partial charge in [0.15, 0.2) is 11.6 Å². The molecule has 8 atom stereocenters. The summed E-state index contributed by atoms with van der Waals surface area (Å²) in [4.78, 5) is 59.1. The van der Waals surface area contributed by atoms with Crippen LogP contribution in [0.1, 0.15) is 242 Å². The third kappa shape index (κ3) is 10.2. The standard InChI is InChI=1S/C54H78N4O4/c1-13-39-34(7)41-29-46-47(38(11)59)36(9)43(56-46)27-42-35(8)40(26-15-14-20-31(4)22-17-24-33(6)25-18-23-32(5)21-16-19-30(2)3)51(57-42)49-50(54(61)62-12)53(60)48-37(10)44(58-52(48)49)28-45(39)55-41/h27-35,39-40,50,56,58H,13-26H2,1-12H3/t31?,32?,33?,34-,35?,39?,40?,50?/m1/s1. The first kappa shape index (κ1) is 47.4. The lowest BCUT2D eigenvalue weighted by Crippen LogP contribution is -2.21. The molecule has 7 unspecified atom stereocenters. The number of hydrogen-bond donors (Lipinski definition) is 2. The average molecular weight is 847 g/mol. The van der Waals surface area contributed by atoms with E-state index in [0.29, 0.717) is 28.1 Å². The van der Waals surface area contributed by atoms with E-state index in [1.165, 1.54) is 71.3 Å². The second-order valence-corrected chi connectivity index (χ2v) is 20.5. The Balaban J connectivity index is 1.27. The molecule has 3 aromatic rings. The minimum absolute atomic E-state index is 0.00204. The van der Waals surface area contributed by atoms with Crippen molar-refractivity contribution >= 4 is 39.6 Å². The Bertz CT molecular complexity index is 2260. The van der Waals surface area contributed by atoms with E-state index in [9.17, 15) is 14.4 Å². The third-order valence-electron chi connectivity index (χ3n) is 15.2. The molecule has 8 nitrogen and oxygen atoms in total. The molecule has 3 aliphatic rings. The van der Waals surface area contributed by atoms with Gasteiger partial charge in [-0.3, -0.25) is 24.4 Å². The normalized spacial score (nSPS) is 21.1. The van der Waals surface area contributed by atoms with Gasteiger partial charge in [0.1, 0.15) is 5.92 Å². The van der Waals surface area contributed by atoms with Crippen LogP contribution in [-0.2, 0) is 9.53 Å². The zero-order valence-corrected chi connectivity index (χ0v) is 40.4. The zero-order valence-electron chi connectivity index (χ0n) is 40.4. The van der Waals surface area contributed by atoms with E-state index in [2.05, 4.69) is 83.6 Å². The number of esters is 1. The Kier molecular flexibility index (Phi) is 15.8. The predicted molar refractivity (Wildman–Crippen MR) is 255 cm³/mol. The first-order chi connectivity index (χ1) is 29.6. The van der Waals surface area contributed by atoms with Crippen LogP contribution in [0.15, 0.2) is 18.2 Å². The summed E-state index contributed by atoms with van der Waals surface area (Å²) in [5.41, 5.74) is 10.2. The lowest BCUT2D eigenvalue weighted by molar-refractivity contribution is -0.141. The summed E-state index contributed by atoms with van der Waals surface area (Å²) in [5, 5.41) is 0. The van der Waals surface area contributed by atoms with Gasteiger partial charge in [-0.2, -0.15) is 0 Å². The maximum Gasteiger partial charge on any atom is 0.321 e. The van der Waals surface area contributed by atoms with Gasteiger partial charge in [-0.15, -0.1) is 0 Å². The second-order valence-electron chi connectivity index (χ2n) is 20.5. The molecule has 6 rings (SSSR count). The summed E-state index contributed by atoms with van der Waals surface area (Å²) in [5.74, 6) is 1.58. The van der Waals surface area contributed by atoms with Crippen LogP contribution in [-0.4, -0.2) is 44.6 Å². The Labute approximate surface area is 372 Å². The van der Waals surface area contributed by atoms with E-state index in [-0.39, 0.29) is 35.2 Å². The van der Waals surface area contributed by atoms with E-state index in [1.807, 2.05) is 13.8 Å². The highest BCUT2D eigenvalue weighted by Gasteiger charge is 2.45. The Morgan fingerprint density at radius 2 is 1.23 bits per heavy atom. The van der Waals surface area contributed by atoms with Crippen LogP contribution in [0.25, 0.3) is 22.1 Å². The van der Waals surface area contributed by atoms with Crippen LogP contribution < -0.4 is 0 Å². The lowest BCUT2D eigenvalue weighted by atomic mass is 9.83. The number of hydrogen-bond acceptors (Lipinski definition) is 6. The highest BCUT2D eigenvalue weighted by Crippen LogP contribution is 2.48. The molecular formula is C54H78N4O4. The van der Waals surface area contributed by atoms with Crippen molar-refractivity contribution < 1.29 is 19.1 Å². The van der Waals surface area contributed by atoms with Crippen molar-refractivity contribution in [2.45, 2.75) is 196 Å². The fourth-order valence-corrected chi connectivity index (χ4v) is 11.1. The smallest absolute Gasteiger partial charge is 0.321 e. The molecule has 0 spiro atoms. The zero-order chi connectivity index (χ0) is 45.0. The molecule has 0 saturated carbocycles. The van der Waals surface area contributed by atoms with Crippen molar-refractivity contribution in [3.05, 3.63) is 68.8 Å². The van der Waals surface area contributed by atoms with Gasteiger partial charge in [0.05, 0.1) is 23.8 Å². The minimum atomic E-state index is -1.08. The van der Waals surface area contributed by atoms with E-state index < -0.39 is 11.9 Å². The second kappa shape index (κ2) is 20.6. The molecule has 0 aromatic carbocycles. The van der Waals surface area contributed by atoms with E-state index >= 15 is 0 Å². The number of ether oxygens (including phenoxy) is 1. The Morgan fingerprint density at radius 3 is 1.81 bits per heavy atom. The number of unbranched alkanes of at least 4 members (excludes halogenated alkanes) is 1. The van der Waals surface area contributed by atoms with Crippen LogP contribution in [0.2, 0.25) is 0 Å². The van der Waals surface area contributed by atoms with Gasteiger partial charge in [-0.1, -0.05) is 132 Å². The highest BCUT2D eigenvalue weighted by atomic mass is 16.5. The molecule has 0 saturated heterocycles. The number of nitrogens with zero attached hydrogens (tertiary/aromatic N) is 2. The number of fused-ring (bicyclic) bond motifs is 8. The number of carbonyl (C=O) groups excluding carboxylic acids is 3. The van der Waals surface area contributed by atoms with Crippen LogP contribution in [0.4, 0.5) is 0 Å². The van der Waals surface area contributed by atoms with Gasteiger partial charge in [-0.05, 0) is 86.6 Å². The first-order valence-electron chi connectivity index (χ1n) is 24.5. The summed E-state index contributed by atoms with van der Waals surface area (Å²) >= 11 is 0. The molecule has 0 amide bonds. The number of rotatable bonds is 20. The number of nitrogens with one attached hydrogen (secondary N) is 2. The molecular weight excluding hydrogens is 769 g/mol. The van der Waals surface area contributed by atoms with Gasteiger partial charge in [0, 0.05) is 68.5 Å². The number of aromatic nitrogens is 4. The minimum Gasteiger partial charge on any atom is -0.468 e. The van der Waals surface area contributed by atoms with Gasteiger partial charge in [-0.25, -0.2) is 0 Å². The number of aromatic amines is 2. The lowest BCUT2D eigenvalue weighted by Gasteiger charge is -2.20. The number of H-pyrrole nitrogens is 2. The van der Waals surface area contributed by atoms with Gasteiger partial charge >= 0.3 is 5.97 Å². The van der Waals surface area contributed by atoms with Crippen molar-refractivity contribution in [2.24, 2.45) is 23.7 Å². The molecule has 8 bridgehead atoms. The molecule has 8 heteroatoms. The summed E-state index contributed by atoms with van der Waals surface area (Å²) in [6.07, 6.45) is 17.2. The van der Waals surface area contributed by atoms with E-state index in [0.717, 1.165) is 93.9 Å². The molecule has 2 N–H and O–H groups in total. The summed E-state index contributed by atoms with van der Waals surface area (Å²) in [7, 11) is 1.36. The van der Waals surface area contributed by atoms with Crippen molar-refractivity contribution in [1.29, 1.82) is 0 Å². The Hall–Kier alpha value is -4.07. The highest BCUT2D eigenvalue weighted by molar-refractivity contribution is 6.23. The van der Waals surface area contributed by atoms with Crippen molar-refractivity contribution in [3.63, 3.8) is 0 Å².